The van der Waals surface area contributed by atoms with E-state index in [1.54, 1.807) is 4.68 Å². The second-order valence-electron chi connectivity index (χ2n) is 6.90. The largest absolute Gasteiger partial charge is 0.468 e. The Morgan fingerprint density at radius 2 is 2.04 bits per heavy atom. The third-order valence-corrected chi connectivity index (χ3v) is 5.55. The number of methoxy groups -OCH3 is 1. The van der Waals surface area contributed by atoms with Crippen molar-refractivity contribution < 1.29 is 9.53 Å². The number of ether oxygens (including phenoxy) is 1. The second-order valence-corrected chi connectivity index (χ2v) is 6.90. The number of hydrogen-bond acceptors (Lipinski definition) is 6. The van der Waals surface area contributed by atoms with E-state index in [-0.39, 0.29) is 12.0 Å². The van der Waals surface area contributed by atoms with Crippen LogP contribution in [-0.4, -0.2) is 50.3 Å². The fraction of sp³-hybridized carbons (Fsp3) is 0.556. The highest BCUT2D eigenvalue weighted by Crippen LogP contribution is 2.40. The molecule has 132 valence electrons. The van der Waals surface area contributed by atoms with E-state index in [9.17, 15) is 4.79 Å². The van der Waals surface area contributed by atoms with Gasteiger partial charge in [-0.3, -0.25) is 9.69 Å². The lowest BCUT2D eigenvalue weighted by atomic mass is 9.85. The summed E-state index contributed by atoms with van der Waals surface area (Å²) in [5.41, 5.74) is 0.927. The Hall–Kier alpha value is -2.28. The maximum absolute atomic E-state index is 12.3. The van der Waals surface area contributed by atoms with Crippen molar-refractivity contribution in [3.63, 3.8) is 0 Å². The first-order valence-corrected chi connectivity index (χ1v) is 8.94. The molecule has 0 bridgehead atoms. The zero-order valence-electron chi connectivity index (χ0n) is 14.4. The third kappa shape index (κ3) is 3.04. The van der Waals surface area contributed by atoms with Crippen molar-refractivity contribution in [3.8, 4) is 5.69 Å². The summed E-state index contributed by atoms with van der Waals surface area (Å²) in [6.07, 6.45) is 5.67. The number of carbonyl (C=O) groups excluding carboxylic acids is 1. The maximum atomic E-state index is 12.3. The smallest absolute Gasteiger partial charge is 0.323 e. The molecule has 3 atom stereocenters. The number of rotatable bonds is 4. The minimum Gasteiger partial charge on any atom is -0.468 e. The number of nitrogens with zero attached hydrogens (tertiary/aromatic N) is 5. The highest BCUT2D eigenvalue weighted by atomic mass is 16.5. The van der Waals surface area contributed by atoms with Crippen molar-refractivity contribution in [2.24, 2.45) is 5.92 Å². The molecule has 25 heavy (non-hydrogen) atoms. The molecule has 0 unspecified atom stereocenters. The van der Waals surface area contributed by atoms with Crippen molar-refractivity contribution in [3.05, 3.63) is 36.2 Å². The Kier molecular flexibility index (Phi) is 4.48. The Morgan fingerprint density at radius 1 is 1.24 bits per heavy atom. The third-order valence-electron chi connectivity index (χ3n) is 5.55. The second kappa shape index (κ2) is 6.92. The van der Waals surface area contributed by atoms with Gasteiger partial charge in [0.2, 0.25) is 0 Å². The minimum atomic E-state index is -0.195. The molecule has 1 aliphatic heterocycles. The zero-order chi connectivity index (χ0) is 17.2. The van der Waals surface area contributed by atoms with Gasteiger partial charge in [0.25, 0.3) is 0 Å². The van der Waals surface area contributed by atoms with E-state index in [4.69, 9.17) is 4.74 Å². The van der Waals surface area contributed by atoms with E-state index in [1.807, 2.05) is 30.3 Å². The number of carbonyl (C=O) groups is 1. The van der Waals surface area contributed by atoms with Gasteiger partial charge in [-0.15, -0.1) is 5.10 Å². The zero-order valence-corrected chi connectivity index (χ0v) is 14.4. The molecule has 2 aromatic rings. The van der Waals surface area contributed by atoms with Gasteiger partial charge in [0.05, 0.1) is 19.3 Å². The summed E-state index contributed by atoms with van der Waals surface area (Å²) in [5.74, 6) is 1.18. The molecule has 2 fully saturated rings. The SMILES string of the molecule is COC(=O)[C@@H]1C[C@H]2CCCC[C@H]2N1Cc1nnnn1-c1ccccc1. The van der Waals surface area contributed by atoms with Gasteiger partial charge in [0, 0.05) is 6.04 Å². The van der Waals surface area contributed by atoms with E-state index in [0.717, 1.165) is 24.4 Å². The molecule has 4 rings (SSSR count). The van der Waals surface area contributed by atoms with Gasteiger partial charge in [-0.1, -0.05) is 31.0 Å². The molecular formula is C18H23N5O2. The molecule has 1 saturated carbocycles. The standard InChI is InChI=1S/C18H23N5O2/c1-25-18(24)16-11-13-7-5-6-10-15(13)22(16)12-17-19-20-21-23(17)14-8-3-2-4-9-14/h2-4,8-9,13,15-16H,5-7,10-12H2,1H3/t13-,15-,16+/m1/s1. The summed E-state index contributed by atoms with van der Waals surface area (Å²) in [6.45, 7) is 0.558. The molecule has 0 amide bonds. The number of fused-ring (bicyclic) bond motifs is 1. The van der Waals surface area contributed by atoms with Gasteiger partial charge in [-0.2, -0.15) is 4.68 Å². The number of tetrazole rings is 1. The Morgan fingerprint density at radius 3 is 2.84 bits per heavy atom. The van der Waals surface area contributed by atoms with E-state index >= 15 is 0 Å². The predicted octanol–water partition coefficient (Wildman–Crippen LogP) is 1.97. The van der Waals surface area contributed by atoms with Gasteiger partial charge in [0.1, 0.15) is 6.04 Å². The van der Waals surface area contributed by atoms with Crippen molar-refractivity contribution in [1.29, 1.82) is 0 Å². The van der Waals surface area contributed by atoms with Gasteiger partial charge >= 0.3 is 5.97 Å². The number of esters is 1. The molecule has 1 aliphatic carbocycles. The lowest BCUT2D eigenvalue weighted by Gasteiger charge is -2.32. The monoisotopic (exact) mass is 341 g/mol. The number of likely N-dealkylation sites (tertiary alicyclic amines) is 1. The fourth-order valence-electron chi connectivity index (χ4n) is 4.39. The molecule has 7 nitrogen and oxygen atoms in total. The van der Waals surface area contributed by atoms with E-state index < -0.39 is 0 Å². The Bertz CT molecular complexity index is 732. The van der Waals surface area contributed by atoms with Gasteiger partial charge < -0.3 is 4.74 Å². The van der Waals surface area contributed by atoms with Crippen LogP contribution < -0.4 is 0 Å². The molecule has 0 spiro atoms. The van der Waals surface area contributed by atoms with Crippen LogP contribution in [0.15, 0.2) is 30.3 Å². The first-order valence-electron chi connectivity index (χ1n) is 8.94. The molecule has 0 radical (unpaired) electrons. The topological polar surface area (TPSA) is 73.1 Å². The first kappa shape index (κ1) is 16.2. The summed E-state index contributed by atoms with van der Waals surface area (Å²) < 4.78 is 6.82. The number of para-hydroxylation sites is 1. The molecule has 1 saturated heterocycles. The summed E-state index contributed by atoms with van der Waals surface area (Å²) in [7, 11) is 1.47. The molecule has 7 heteroatoms. The number of benzene rings is 1. The van der Waals surface area contributed by atoms with E-state index in [0.29, 0.717) is 18.5 Å². The predicted molar refractivity (Wildman–Crippen MR) is 90.9 cm³/mol. The van der Waals surface area contributed by atoms with Crippen LogP contribution >= 0.6 is 0 Å². The number of hydrogen-bond donors (Lipinski definition) is 0. The molecular weight excluding hydrogens is 318 g/mol. The highest BCUT2D eigenvalue weighted by molar-refractivity contribution is 5.76. The van der Waals surface area contributed by atoms with Crippen LogP contribution in [0.4, 0.5) is 0 Å². The molecule has 1 aromatic carbocycles. The lowest BCUT2D eigenvalue weighted by molar-refractivity contribution is -0.146. The van der Waals surface area contributed by atoms with Crippen LogP contribution in [0.2, 0.25) is 0 Å². The van der Waals surface area contributed by atoms with Gasteiger partial charge in [-0.05, 0) is 47.7 Å². The highest BCUT2D eigenvalue weighted by Gasteiger charge is 2.46. The Labute approximate surface area is 147 Å². The van der Waals surface area contributed by atoms with Crippen LogP contribution in [0.5, 0.6) is 0 Å². The van der Waals surface area contributed by atoms with Gasteiger partial charge in [0.15, 0.2) is 5.82 Å². The normalized spacial score (nSPS) is 26.4. The summed E-state index contributed by atoms with van der Waals surface area (Å²) in [6, 6.07) is 10.1. The van der Waals surface area contributed by atoms with Crippen LogP contribution in [0.25, 0.3) is 5.69 Å². The van der Waals surface area contributed by atoms with Crippen molar-refractivity contribution in [2.75, 3.05) is 7.11 Å². The maximum Gasteiger partial charge on any atom is 0.323 e. The van der Waals surface area contributed by atoms with E-state index in [1.165, 1.54) is 26.4 Å². The van der Waals surface area contributed by atoms with Crippen LogP contribution in [0.1, 0.15) is 37.9 Å². The van der Waals surface area contributed by atoms with E-state index in [2.05, 4.69) is 20.4 Å². The van der Waals surface area contributed by atoms with Crippen molar-refractivity contribution in [1.82, 2.24) is 25.1 Å². The molecule has 2 heterocycles. The molecule has 0 N–H and O–H groups in total. The fourth-order valence-corrected chi connectivity index (χ4v) is 4.39. The average molecular weight is 341 g/mol. The van der Waals surface area contributed by atoms with Crippen LogP contribution in [0, 0.1) is 5.92 Å². The average Bonchev–Trinajstić information content (AvgIpc) is 3.27. The quantitative estimate of drug-likeness (QED) is 0.792. The minimum absolute atomic E-state index is 0.145. The summed E-state index contributed by atoms with van der Waals surface area (Å²) >= 11 is 0. The number of aromatic nitrogens is 4. The Balaban J connectivity index is 1.62. The van der Waals surface area contributed by atoms with Crippen LogP contribution in [0.3, 0.4) is 0 Å². The summed E-state index contributed by atoms with van der Waals surface area (Å²) in [4.78, 5) is 14.6. The van der Waals surface area contributed by atoms with Crippen molar-refractivity contribution >= 4 is 5.97 Å². The molecule has 1 aromatic heterocycles. The summed E-state index contributed by atoms with van der Waals surface area (Å²) in [5, 5.41) is 12.2. The van der Waals surface area contributed by atoms with Gasteiger partial charge in [-0.25, -0.2) is 0 Å². The van der Waals surface area contributed by atoms with Crippen LogP contribution in [-0.2, 0) is 16.1 Å². The first-order chi connectivity index (χ1) is 12.3. The van der Waals surface area contributed by atoms with Crippen molar-refractivity contribution in [2.45, 2.75) is 50.7 Å². The lowest BCUT2D eigenvalue weighted by Crippen LogP contribution is -2.42. The molecule has 2 aliphatic rings.